The van der Waals surface area contributed by atoms with Gasteiger partial charge in [0.05, 0.1) is 17.7 Å². The number of hydrogen-bond donors (Lipinski definition) is 1. The molecule has 0 bridgehead atoms. The Bertz CT molecular complexity index is 1040. The standard InChI is InChI=1S/C22H27N3O5S/c1-16(2)21(26)24-12-14-25(15-13-24)22(27)17-8-10-18(11-9-17)31(28,29)23-19-6-4-5-7-20(19)30-3/h4-11,16,23H,12-15H2,1-3H3. The molecule has 0 radical (unpaired) electrons. The van der Waals surface area contributed by atoms with Gasteiger partial charge in [-0.2, -0.15) is 0 Å². The van der Waals surface area contributed by atoms with Crippen LogP contribution in [-0.2, 0) is 14.8 Å². The van der Waals surface area contributed by atoms with E-state index in [1.54, 1.807) is 34.1 Å². The summed E-state index contributed by atoms with van der Waals surface area (Å²) in [6.07, 6.45) is 0. The summed E-state index contributed by atoms with van der Waals surface area (Å²) in [4.78, 5) is 28.4. The fourth-order valence-corrected chi connectivity index (χ4v) is 4.46. The summed E-state index contributed by atoms with van der Waals surface area (Å²) >= 11 is 0. The molecule has 8 nitrogen and oxygen atoms in total. The molecule has 3 rings (SSSR count). The highest BCUT2D eigenvalue weighted by molar-refractivity contribution is 7.92. The monoisotopic (exact) mass is 445 g/mol. The lowest BCUT2D eigenvalue weighted by Gasteiger charge is -2.35. The molecular weight excluding hydrogens is 418 g/mol. The second kappa shape index (κ2) is 9.38. The summed E-state index contributed by atoms with van der Waals surface area (Å²) in [5, 5.41) is 0. The van der Waals surface area contributed by atoms with E-state index in [2.05, 4.69) is 4.72 Å². The topological polar surface area (TPSA) is 96.0 Å². The van der Waals surface area contributed by atoms with Crippen molar-refractivity contribution in [3.05, 3.63) is 54.1 Å². The predicted octanol–water partition coefficient (Wildman–Crippen LogP) is 2.44. The number of hydrogen-bond acceptors (Lipinski definition) is 5. The van der Waals surface area contributed by atoms with E-state index >= 15 is 0 Å². The van der Waals surface area contributed by atoms with E-state index in [1.807, 2.05) is 13.8 Å². The van der Waals surface area contributed by atoms with Gasteiger partial charge in [0.15, 0.2) is 0 Å². The highest BCUT2D eigenvalue weighted by atomic mass is 32.2. The number of anilines is 1. The van der Waals surface area contributed by atoms with Gasteiger partial charge in [0.1, 0.15) is 5.75 Å². The molecule has 1 heterocycles. The number of nitrogens with zero attached hydrogens (tertiary/aromatic N) is 2. The van der Waals surface area contributed by atoms with Gasteiger partial charge in [-0.3, -0.25) is 14.3 Å². The molecule has 0 aliphatic carbocycles. The average Bonchev–Trinajstić information content (AvgIpc) is 2.78. The van der Waals surface area contributed by atoms with E-state index in [9.17, 15) is 18.0 Å². The Morgan fingerprint density at radius 3 is 2.10 bits per heavy atom. The Morgan fingerprint density at radius 1 is 0.935 bits per heavy atom. The third-order valence-electron chi connectivity index (χ3n) is 5.14. The van der Waals surface area contributed by atoms with Crippen LogP contribution in [-0.4, -0.2) is 63.3 Å². The number of methoxy groups -OCH3 is 1. The van der Waals surface area contributed by atoms with Crippen LogP contribution in [0.4, 0.5) is 5.69 Å². The van der Waals surface area contributed by atoms with Crippen molar-refractivity contribution in [2.45, 2.75) is 18.7 Å². The lowest BCUT2D eigenvalue weighted by molar-refractivity contribution is -0.135. The molecule has 166 valence electrons. The first-order valence-corrected chi connectivity index (χ1v) is 11.5. The van der Waals surface area contributed by atoms with Crippen molar-refractivity contribution in [3.63, 3.8) is 0 Å². The fraction of sp³-hybridized carbons (Fsp3) is 0.364. The minimum atomic E-state index is -3.84. The van der Waals surface area contributed by atoms with Crippen molar-refractivity contribution >= 4 is 27.5 Å². The maximum absolute atomic E-state index is 12.8. The Balaban J connectivity index is 1.67. The molecule has 2 aromatic rings. The predicted molar refractivity (Wildman–Crippen MR) is 118 cm³/mol. The Labute approximate surface area is 182 Å². The molecular formula is C22H27N3O5S. The van der Waals surface area contributed by atoms with Gasteiger partial charge in [-0.15, -0.1) is 0 Å². The van der Waals surface area contributed by atoms with Gasteiger partial charge in [-0.25, -0.2) is 8.42 Å². The fourth-order valence-electron chi connectivity index (χ4n) is 3.39. The van der Waals surface area contributed by atoms with Crippen LogP contribution in [0.3, 0.4) is 0 Å². The maximum atomic E-state index is 12.8. The van der Waals surface area contributed by atoms with E-state index in [1.165, 1.54) is 31.4 Å². The van der Waals surface area contributed by atoms with Crippen molar-refractivity contribution in [2.24, 2.45) is 5.92 Å². The second-order valence-electron chi connectivity index (χ2n) is 7.60. The third kappa shape index (κ3) is 5.16. The van der Waals surface area contributed by atoms with Gasteiger partial charge in [0.25, 0.3) is 15.9 Å². The highest BCUT2D eigenvalue weighted by Crippen LogP contribution is 2.26. The summed E-state index contributed by atoms with van der Waals surface area (Å²) in [6.45, 7) is 5.62. The summed E-state index contributed by atoms with van der Waals surface area (Å²) in [5.41, 5.74) is 0.735. The molecule has 1 fully saturated rings. The van der Waals surface area contributed by atoms with E-state index in [-0.39, 0.29) is 22.6 Å². The van der Waals surface area contributed by atoms with E-state index in [0.717, 1.165) is 0 Å². The molecule has 0 aromatic heterocycles. The largest absolute Gasteiger partial charge is 0.495 e. The number of carbonyl (C=O) groups is 2. The van der Waals surface area contributed by atoms with E-state index in [0.29, 0.717) is 43.2 Å². The van der Waals surface area contributed by atoms with Gasteiger partial charge < -0.3 is 14.5 Å². The minimum Gasteiger partial charge on any atom is -0.495 e. The lowest BCUT2D eigenvalue weighted by Crippen LogP contribution is -2.51. The molecule has 1 N–H and O–H groups in total. The quantitative estimate of drug-likeness (QED) is 0.737. The molecule has 9 heteroatoms. The van der Waals surface area contributed by atoms with Gasteiger partial charge in [0, 0.05) is 37.7 Å². The molecule has 1 aliphatic heterocycles. The number of benzene rings is 2. The molecule has 2 aromatic carbocycles. The molecule has 1 saturated heterocycles. The van der Waals surface area contributed by atoms with Crippen molar-refractivity contribution in [2.75, 3.05) is 38.0 Å². The smallest absolute Gasteiger partial charge is 0.262 e. The van der Waals surface area contributed by atoms with Crippen molar-refractivity contribution in [3.8, 4) is 5.75 Å². The number of carbonyl (C=O) groups excluding carboxylic acids is 2. The summed E-state index contributed by atoms with van der Waals surface area (Å²) in [7, 11) is -2.37. The second-order valence-corrected chi connectivity index (χ2v) is 9.28. The van der Waals surface area contributed by atoms with Crippen LogP contribution in [0.1, 0.15) is 24.2 Å². The minimum absolute atomic E-state index is 0.0438. The van der Waals surface area contributed by atoms with Gasteiger partial charge in [-0.1, -0.05) is 26.0 Å². The van der Waals surface area contributed by atoms with Gasteiger partial charge in [0.2, 0.25) is 5.91 Å². The summed E-state index contributed by atoms with van der Waals surface area (Å²) in [5.74, 6) is 0.247. The number of amides is 2. The molecule has 0 unspecified atom stereocenters. The summed E-state index contributed by atoms with van der Waals surface area (Å²) in [6, 6.07) is 12.5. The molecule has 0 saturated carbocycles. The normalized spacial score (nSPS) is 14.5. The third-order valence-corrected chi connectivity index (χ3v) is 6.52. The SMILES string of the molecule is COc1ccccc1NS(=O)(=O)c1ccc(C(=O)N2CCN(C(=O)C(C)C)CC2)cc1. The number of ether oxygens (including phenoxy) is 1. The molecule has 0 atom stereocenters. The number of piperazine rings is 1. The zero-order valence-corrected chi connectivity index (χ0v) is 18.7. The number of rotatable bonds is 6. The van der Waals surface area contributed by atoms with Crippen LogP contribution in [0, 0.1) is 5.92 Å². The van der Waals surface area contributed by atoms with Crippen LogP contribution >= 0.6 is 0 Å². The highest BCUT2D eigenvalue weighted by Gasteiger charge is 2.26. The van der Waals surface area contributed by atoms with Crippen LogP contribution < -0.4 is 9.46 Å². The number of nitrogens with one attached hydrogen (secondary N) is 1. The Morgan fingerprint density at radius 2 is 1.52 bits per heavy atom. The van der Waals surface area contributed by atoms with Crippen LogP contribution in [0.15, 0.2) is 53.4 Å². The Hall–Kier alpha value is -3.07. The first kappa shape index (κ1) is 22.6. The first-order valence-electron chi connectivity index (χ1n) is 10.1. The van der Waals surface area contributed by atoms with E-state index < -0.39 is 10.0 Å². The molecule has 1 aliphatic rings. The van der Waals surface area contributed by atoms with Crippen LogP contribution in [0.2, 0.25) is 0 Å². The molecule has 31 heavy (non-hydrogen) atoms. The van der Waals surface area contributed by atoms with E-state index in [4.69, 9.17) is 4.74 Å². The zero-order valence-electron chi connectivity index (χ0n) is 17.9. The lowest BCUT2D eigenvalue weighted by atomic mass is 10.1. The van der Waals surface area contributed by atoms with Gasteiger partial charge >= 0.3 is 0 Å². The number of sulfonamides is 1. The number of para-hydroxylation sites is 2. The summed E-state index contributed by atoms with van der Waals surface area (Å²) < 4.78 is 33.1. The maximum Gasteiger partial charge on any atom is 0.262 e. The molecule has 2 amide bonds. The van der Waals surface area contributed by atoms with Crippen molar-refractivity contribution in [1.82, 2.24) is 9.80 Å². The van der Waals surface area contributed by atoms with Gasteiger partial charge in [-0.05, 0) is 36.4 Å². The van der Waals surface area contributed by atoms with Crippen molar-refractivity contribution in [1.29, 1.82) is 0 Å². The first-order chi connectivity index (χ1) is 14.7. The molecule has 0 spiro atoms. The zero-order chi connectivity index (χ0) is 22.6. The van der Waals surface area contributed by atoms with Crippen molar-refractivity contribution < 1.29 is 22.7 Å². The Kier molecular flexibility index (Phi) is 6.84. The van der Waals surface area contributed by atoms with Crippen LogP contribution in [0.5, 0.6) is 5.75 Å². The average molecular weight is 446 g/mol. The van der Waals surface area contributed by atoms with Crippen LogP contribution in [0.25, 0.3) is 0 Å².